The summed E-state index contributed by atoms with van der Waals surface area (Å²) < 4.78 is 27.4. The van der Waals surface area contributed by atoms with Crippen molar-refractivity contribution >= 4 is 9.84 Å². The van der Waals surface area contributed by atoms with Crippen LogP contribution >= 0.6 is 0 Å². The van der Waals surface area contributed by atoms with Crippen LogP contribution in [0, 0.1) is 0 Å². The van der Waals surface area contributed by atoms with Gasteiger partial charge in [0.05, 0.1) is 9.79 Å². The van der Waals surface area contributed by atoms with E-state index in [-0.39, 0.29) is 26.3 Å². The molecule has 0 atom stereocenters. The van der Waals surface area contributed by atoms with E-state index in [1.165, 1.54) is 24.3 Å². The first-order valence-electron chi connectivity index (χ1n) is 11.4. The third kappa shape index (κ3) is 4.93. The minimum Gasteiger partial charge on any atom is -0.872 e. The molecule has 4 aromatic carbocycles. The Morgan fingerprint density at radius 1 is 0.528 bits per heavy atom. The van der Waals surface area contributed by atoms with Crippen LogP contribution in [0.15, 0.2) is 107 Å². The fourth-order valence-electron chi connectivity index (χ4n) is 4.38. The molecule has 4 rings (SSSR count). The third-order valence-corrected chi connectivity index (χ3v) is 8.70. The van der Waals surface area contributed by atoms with Crippen LogP contribution in [0.5, 0.6) is 11.5 Å². The van der Waals surface area contributed by atoms with Crippen molar-refractivity contribution in [2.75, 3.05) is 0 Å². The van der Waals surface area contributed by atoms with E-state index >= 15 is 0 Å². The summed E-state index contributed by atoms with van der Waals surface area (Å²) >= 11 is 0. The van der Waals surface area contributed by atoms with Crippen LogP contribution < -0.4 is 10.2 Å². The first-order valence-corrected chi connectivity index (χ1v) is 12.9. The molecular weight excluding hydrogens is 515 g/mol. The number of hydrogen-bond donors (Lipinski definition) is 0. The van der Waals surface area contributed by atoms with Crippen LogP contribution in [0.3, 0.4) is 0 Å². The number of rotatable bonds is 6. The maximum Gasteiger partial charge on any atom is 2.00 e. The summed E-state index contributed by atoms with van der Waals surface area (Å²) in [5, 5.41) is 25.6. The SMILES string of the molecule is CC(C)(c1ccccc1)c1ccc([O-])c(S(=O)(=O)c2cc(C(C)(C)c3ccccc3)ccc2[O-])c1.[Ni+2]. The largest absolute Gasteiger partial charge is 2.00 e. The molecule has 0 saturated heterocycles. The summed E-state index contributed by atoms with van der Waals surface area (Å²) in [4.78, 5) is -0.767. The molecule has 0 spiro atoms. The molecule has 188 valence electrons. The Morgan fingerprint density at radius 2 is 0.861 bits per heavy atom. The second-order valence-corrected chi connectivity index (χ2v) is 11.7. The van der Waals surface area contributed by atoms with Crippen molar-refractivity contribution in [3.8, 4) is 11.5 Å². The van der Waals surface area contributed by atoms with Crippen molar-refractivity contribution in [1.82, 2.24) is 0 Å². The predicted molar refractivity (Wildman–Crippen MR) is 134 cm³/mol. The van der Waals surface area contributed by atoms with Crippen molar-refractivity contribution in [2.45, 2.75) is 48.3 Å². The third-order valence-electron chi connectivity index (χ3n) is 6.90. The fraction of sp³-hybridized carbons (Fsp3) is 0.200. The van der Waals surface area contributed by atoms with Crippen molar-refractivity contribution in [3.63, 3.8) is 0 Å². The summed E-state index contributed by atoms with van der Waals surface area (Å²) in [6, 6.07) is 28.0. The van der Waals surface area contributed by atoms with Crippen LogP contribution in [0.1, 0.15) is 49.9 Å². The molecule has 36 heavy (non-hydrogen) atoms. The zero-order valence-electron chi connectivity index (χ0n) is 20.6. The van der Waals surface area contributed by atoms with Gasteiger partial charge in [-0.15, -0.1) is 0 Å². The topological polar surface area (TPSA) is 80.3 Å². The van der Waals surface area contributed by atoms with E-state index in [2.05, 4.69) is 0 Å². The second kappa shape index (κ2) is 10.1. The Morgan fingerprint density at radius 3 is 1.19 bits per heavy atom. The summed E-state index contributed by atoms with van der Waals surface area (Å²) in [5.41, 5.74) is 2.23. The minimum absolute atomic E-state index is 0. The van der Waals surface area contributed by atoms with Crippen molar-refractivity contribution in [3.05, 3.63) is 119 Å². The van der Waals surface area contributed by atoms with E-state index < -0.39 is 32.2 Å². The second-order valence-electron chi connectivity index (χ2n) is 9.81. The Balaban J connectivity index is 0.00000361. The van der Waals surface area contributed by atoms with Crippen LogP contribution in [0.4, 0.5) is 0 Å². The number of sulfone groups is 1. The van der Waals surface area contributed by atoms with Gasteiger partial charge >= 0.3 is 16.5 Å². The van der Waals surface area contributed by atoms with Gasteiger partial charge in [0, 0.05) is 10.8 Å². The maximum atomic E-state index is 13.7. The average molecular weight is 543 g/mol. The Hall–Kier alpha value is -3.08. The zero-order chi connectivity index (χ0) is 25.4. The predicted octanol–water partition coefficient (Wildman–Crippen LogP) is 5.32. The fourth-order valence-corrected chi connectivity index (χ4v) is 5.84. The Bertz CT molecular complexity index is 1350. The molecule has 0 heterocycles. The van der Waals surface area contributed by atoms with Gasteiger partial charge in [-0.05, 0) is 34.4 Å². The van der Waals surface area contributed by atoms with E-state index in [4.69, 9.17) is 0 Å². The monoisotopic (exact) mass is 542 g/mol. The van der Waals surface area contributed by atoms with Crippen LogP contribution in [-0.4, -0.2) is 8.42 Å². The van der Waals surface area contributed by atoms with Gasteiger partial charge < -0.3 is 10.2 Å². The number of benzene rings is 4. The molecule has 0 aliphatic carbocycles. The zero-order valence-corrected chi connectivity index (χ0v) is 22.4. The molecule has 0 unspecified atom stereocenters. The molecule has 0 fully saturated rings. The quantitative estimate of drug-likeness (QED) is 0.309. The molecule has 0 saturated carbocycles. The molecule has 6 heteroatoms. The van der Waals surface area contributed by atoms with E-state index in [0.717, 1.165) is 11.1 Å². The van der Waals surface area contributed by atoms with Gasteiger partial charge in [-0.2, -0.15) is 0 Å². The molecular formula is C30H28NiO4S. The Labute approximate surface area is 223 Å². The summed E-state index contributed by atoms with van der Waals surface area (Å²) in [6.45, 7) is 7.89. The van der Waals surface area contributed by atoms with Crippen molar-refractivity contribution in [2.24, 2.45) is 0 Å². The first kappa shape index (κ1) is 27.5. The van der Waals surface area contributed by atoms with Crippen LogP contribution in [0.2, 0.25) is 0 Å². The van der Waals surface area contributed by atoms with Gasteiger partial charge in [-0.1, -0.05) is 124 Å². The van der Waals surface area contributed by atoms with Crippen LogP contribution in [-0.2, 0) is 37.2 Å². The molecule has 4 aromatic rings. The minimum atomic E-state index is -4.36. The summed E-state index contributed by atoms with van der Waals surface area (Å²) in [7, 11) is -4.36. The van der Waals surface area contributed by atoms with E-state index in [1.807, 2.05) is 88.4 Å². The summed E-state index contributed by atoms with van der Waals surface area (Å²) in [5.74, 6) is -1.27. The van der Waals surface area contributed by atoms with Gasteiger partial charge in [-0.3, -0.25) is 0 Å². The molecule has 0 radical (unpaired) electrons. The first-order chi connectivity index (χ1) is 16.5. The molecule has 0 bridgehead atoms. The van der Waals surface area contributed by atoms with Crippen molar-refractivity contribution < 1.29 is 35.1 Å². The van der Waals surface area contributed by atoms with Crippen LogP contribution in [0.25, 0.3) is 0 Å². The van der Waals surface area contributed by atoms with Gasteiger partial charge in [0.1, 0.15) is 0 Å². The number of hydrogen-bond acceptors (Lipinski definition) is 4. The van der Waals surface area contributed by atoms with E-state index in [9.17, 15) is 18.6 Å². The van der Waals surface area contributed by atoms with Gasteiger partial charge in [-0.25, -0.2) is 8.42 Å². The van der Waals surface area contributed by atoms with E-state index in [0.29, 0.717) is 11.1 Å². The molecule has 0 amide bonds. The average Bonchev–Trinajstić information content (AvgIpc) is 2.85. The van der Waals surface area contributed by atoms with E-state index in [1.54, 1.807) is 12.1 Å². The molecule has 0 N–H and O–H groups in total. The molecule has 4 nitrogen and oxygen atoms in total. The Kier molecular flexibility index (Phi) is 7.73. The molecule has 0 aliphatic heterocycles. The van der Waals surface area contributed by atoms with Crippen molar-refractivity contribution in [1.29, 1.82) is 0 Å². The molecule has 0 aliphatic rings. The maximum absolute atomic E-state index is 13.7. The standard InChI is InChI=1S/C30H30O4S.Ni/c1-29(2,21-11-7-5-8-12-21)23-15-17-25(31)27(19-23)35(33,34)28-20-24(16-18-26(28)32)30(3,4)22-13-9-6-10-14-22;/h5-20,31-32H,1-4H3;/q;+2/p-2. The van der Waals surface area contributed by atoms with Gasteiger partial charge in [0.15, 0.2) is 0 Å². The smallest absolute Gasteiger partial charge is 0.872 e. The molecule has 0 aromatic heterocycles. The van der Waals surface area contributed by atoms with Gasteiger partial charge in [0.25, 0.3) is 0 Å². The van der Waals surface area contributed by atoms with Gasteiger partial charge in [0.2, 0.25) is 9.84 Å². The summed E-state index contributed by atoms with van der Waals surface area (Å²) in [6.07, 6.45) is 0. The normalized spacial score (nSPS) is 12.1.